The Morgan fingerprint density at radius 1 is 1.06 bits per heavy atom. The highest BCUT2D eigenvalue weighted by Crippen LogP contribution is 2.48. The number of fused-ring (bicyclic) bond motifs is 1. The van der Waals surface area contributed by atoms with E-state index in [1.807, 2.05) is 27.7 Å². The number of unbranched alkanes of at least 4 members (excludes halogenated alkanes) is 3. The number of esters is 1. The van der Waals surface area contributed by atoms with Crippen LogP contribution in [0, 0.1) is 23.2 Å². The zero-order chi connectivity index (χ0) is 24.8. The third-order valence-corrected chi connectivity index (χ3v) is 8.10. The lowest BCUT2D eigenvalue weighted by Crippen LogP contribution is -2.46. The van der Waals surface area contributed by atoms with Crippen LogP contribution in [0.3, 0.4) is 0 Å². The average Bonchev–Trinajstić information content (AvgIpc) is 2.78. The van der Waals surface area contributed by atoms with Crippen molar-refractivity contribution in [2.24, 2.45) is 23.2 Å². The number of allylic oxidation sites excluding steroid dienone is 2. The number of aliphatic carboxylic acids is 1. The van der Waals surface area contributed by atoms with E-state index in [2.05, 4.69) is 0 Å². The molecule has 0 bridgehead atoms. The van der Waals surface area contributed by atoms with Gasteiger partial charge in [0, 0.05) is 30.3 Å². The number of carbonyl (C=O) groups excluding carboxylic acids is 1. The van der Waals surface area contributed by atoms with Gasteiger partial charge in [0.2, 0.25) is 0 Å². The summed E-state index contributed by atoms with van der Waals surface area (Å²) in [5.41, 5.74) is -0.0974. The van der Waals surface area contributed by atoms with Crippen molar-refractivity contribution in [3.63, 3.8) is 0 Å². The molecule has 0 saturated heterocycles. The highest BCUT2D eigenvalue weighted by molar-refractivity contribution is 5.77. The quantitative estimate of drug-likeness (QED) is 0.223. The molecular weight excluding hydrogens is 424 g/mol. The summed E-state index contributed by atoms with van der Waals surface area (Å²) in [4.78, 5) is 23.9. The number of aliphatic hydroxyl groups excluding tert-OH is 3. The Morgan fingerprint density at radius 2 is 1.67 bits per heavy atom. The Balaban J connectivity index is 2.24. The Hall–Kier alpha value is -2.02. The molecule has 2 aliphatic carbocycles. The average molecular weight is 467 g/mol. The summed E-state index contributed by atoms with van der Waals surface area (Å²) < 4.78 is 6.08. The van der Waals surface area contributed by atoms with Crippen molar-refractivity contribution < 1.29 is 34.8 Å². The summed E-state index contributed by atoms with van der Waals surface area (Å²) in [7, 11) is 0. The number of ether oxygens (including phenoxy) is 1. The summed E-state index contributed by atoms with van der Waals surface area (Å²) in [5, 5.41) is 40.5. The van der Waals surface area contributed by atoms with Crippen molar-refractivity contribution in [3.8, 4) is 0 Å². The molecule has 7 nitrogen and oxygen atoms in total. The van der Waals surface area contributed by atoms with Crippen LogP contribution in [0.4, 0.5) is 0 Å². The SMILES string of the molecule is CCC(CC)(CC)C(=O)O[C@H]1C[C@H](O)C(O)=C2C=C(O)[C@@H](C)[C@@H](CCCCCCC(=O)O)[C@H]21. The van der Waals surface area contributed by atoms with Crippen molar-refractivity contribution in [3.05, 3.63) is 23.2 Å². The fourth-order valence-electron chi connectivity index (χ4n) is 5.55. The minimum atomic E-state index is -1.14. The number of carboxylic acids is 1. The van der Waals surface area contributed by atoms with E-state index in [0.29, 0.717) is 31.3 Å². The van der Waals surface area contributed by atoms with Gasteiger partial charge in [-0.3, -0.25) is 9.59 Å². The van der Waals surface area contributed by atoms with E-state index in [1.54, 1.807) is 0 Å². The predicted molar refractivity (Wildman–Crippen MR) is 126 cm³/mol. The molecule has 4 N–H and O–H groups in total. The summed E-state index contributed by atoms with van der Waals surface area (Å²) in [5.74, 6) is -1.56. The standard InChI is InChI=1S/C26H42O7/c1-5-26(6-2,7-3)25(32)33-21-15-20(28)24(31)18-14-19(27)16(4)17(23(18)21)12-10-8-9-11-13-22(29)30/h14,16-17,20-21,23,27-28,31H,5-13,15H2,1-4H3,(H,29,30)/t16-,17+,20-,21-,23+/m0/s1. The van der Waals surface area contributed by atoms with E-state index >= 15 is 0 Å². The normalized spacial score (nSPS) is 27.7. The predicted octanol–water partition coefficient (Wildman–Crippen LogP) is 5.44. The number of aliphatic hydroxyl groups is 3. The summed E-state index contributed by atoms with van der Waals surface area (Å²) >= 11 is 0. The van der Waals surface area contributed by atoms with Crippen LogP contribution in [0.5, 0.6) is 0 Å². The van der Waals surface area contributed by atoms with Gasteiger partial charge in [-0.15, -0.1) is 0 Å². The van der Waals surface area contributed by atoms with Crippen LogP contribution in [0.2, 0.25) is 0 Å². The van der Waals surface area contributed by atoms with Crippen molar-refractivity contribution in [1.29, 1.82) is 0 Å². The second-order valence-corrected chi connectivity index (χ2v) is 9.77. The molecule has 0 aromatic rings. The van der Waals surface area contributed by atoms with Gasteiger partial charge in [-0.05, 0) is 44.1 Å². The van der Waals surface area contributed by atoms with Gasteiger partial charge < -0.3 is 25.2 Å². The molecule has 0 heterocycles. The molecule has 0 aliphatic heterocycles. The number of hydrogen-bond acceptors (Lipinski definition) is 6. The van der Waals surface area contributed by atoms with Gasteiger partial charge in [-0.2, -0.15) is 0 Å². The lowest BCUT2D eigenvalue weighted by atomic mass is 9.65. The molecule has 188 valence electrons. The minimum absolute atomic E-state index is 0.0591. The summed E-state index contributed by atoms with van der Waals surface area (Å²) in [6, 6.07) is 0. The molecule has 33 heavy (non-hydrogen) atoms. The molecular formula is C26H42O7. The zero-order valence-electron chi connectivity index (χ0n) is 20.5. The van der Waals surface area contributed by atoms with Gasteiger partial charge in [-0.25, -0.2) is 0 Å². The first kappa shape index (κ1) is 27.2. The van der Waals surface area contributed by atoms with Crippen LogP contribution in [-0.4, -0.2) is 44.6 Å². The van der Waals surface area contributed by atoms with Crippen molar-refractivity contribution >= 4 is 11.9 Å². The largest absolute Gasteiger partial charge is 0.512 e. The lowest BCUT2D eigenvalue weighted by molar-refractivity contribution is -0.169. The minimum Gasteiger partial charge on any atom is -0.512 e. The van der Waals surface area contributed by atoms with Gasteiger partial charge in [0.1, 0.15) is 18.0 Å². The Labute approximate surface area is 197 Å². The molecule has 0 aromatic heterocycles. The highest BCUT2D eigenvalue weighted by atomic mass is 16.5. The highest BCUT2D eigenvalue weighted by Gasteiger charge is 2.48. The van der Waals surface area contributed by atoms with Crippen LogP contribution in [0.25, 0.3) is 0 Å². The smallest absolute Gasteiger partial charge is 0.312 e. The molecule has 0 radical (unpaired) electrons. The van der Waals surface area contributed by atoms with Crippen LogP contribution < -0.4 is 0 Å². The molecule has 0 aromatic carbocycles. The Bertz CT molecular complexity index is 741. The van der Waals surface area contributed by atoms with Crippen molar-refractivity contribution in [2.45, 2.75) is 104 Å². The zero-order valence-corrected chi connectivity index (χ0v) is 20.5. The maximum Gasteiger partial charge on any atom is 0.312 e. The first-order valence-corrected chi connectivity index (χ1v) is 12.6. The Morgan fingerprint density at radius 3 is 2.24 bits per heavy atom. The van der Waals surface area contributed by atoms with E-state index < -0.39 is 23.6 Å². The lowest BCUT2D eigenvalue weighted by Gasteiger charge is -2.45. The fourth-order valence-corrected chi connectivity index (χ4v) is 5.55. The van der Waals surface area contributed by atoms with Crippen LogP contribution in [-0.2, 0) is 14.3 Å². The van der Waals surface area contributed by atoms with Gasteiger partial charge >= 0.3 is 11.9 Å². The molecule has 2 rings (SSSR count). The van der Waals surface area contributed by atoms with E-state index in [4.69, 9.17) is 9.84 Å². The van der Waals surface area contributed by atoms with Crippen LogP contribution >= 0.6 is 0 Å². The third kappa shape index (κ3) is 6.11. The monoisotopic (exact) mass is 466 g/mol. The molecule has 0 unspecified atom stereocenters. The number of hydrogen-bond donors (Lipinski definition) is 4. The third-order valence-electron chi connectivity index (χ3n) is 8.10. The number of rotatable bonds is 12. The summed E-state index contributed by atoms with van der Waals surface area (Å²) in [6.07, 6.45) is 6.04. The fraction of sp³-hybridized carbons (Fsp3) is 0.769. The topological polar surface area (TPSA) is 124 Å². The molecule has 7 heteroatoms. The van der Waals surface area contributed by atoms with Crippen LogP contribution in [0.15, 0.2) is 23.2 Å². The van der Waals surface area contributed by atoms with Gasteiger partial charge in [-0.1, -0.05) is 47.0 Å². The maximum absolute atomic E-state index is 13.2. The second-order valence-electron chi connectivity index (χ2n) is 9.77. The van der Waals surface area contributed by atoms with Gasteiger partial charge in [0.25, 0.3) is 0 Å². The van der Waals surface area contributed by atoms with E-state index in [-0.39, 0.29) is 48.1 Å². The molecule has 0 saturated carbocycles. The van der Waals surface area contributed by atoms with Crippen molar-refractivity contribution in [2.75, 3.05) is 0 Å². The van der Waals surface area contributed by atoms with E-state index in [9.17, 15) is 24.9 Å². The molecule has 0 fully saturated rings. The maximum atomic E-state index is 13.2. The second kappa shape index (κ2) is 11.9. The van der Waals surface area contributed by atoms with Crippen molar-refractivity contribution in [1.82, 2.24) is 0 Å². The van der Waals surface area contributed by atoms with Crippen LogP contribution in [0.1, 0.15) is 91.9 Å². The molecule has 0 spiro atoms. The molecule has 2 aliphatic rings. The van der Waals surface area contributed by atoms with Gasteiger partial charge in [0.15, 0.2) is 0 Å². The first-order valence-electron chi connectivity index (χ1n) is 12.6. The summed E-state index contributed by atoms with van der Waals surface area (Å²) in [6.45, 7) is 7.89. The van der Waals surface area contributed by atoms with E-state index in [1.165, 1.54) is 6.08 Å². The first-order chi connectivity index (χ1) is 15.6. The number of carboxylic acid groups (broad SMARTS) is 1. The van der Waals surface area contributed by atoms with E-state index in [0.717, 1.165) is 25.7 Å². The molecule has 0 amide bonds. The van der Waals surface area contributed by atoms with Gasteiger partial charge in [0.05, 0.1) is 11.2 Å². The molecule has 5 atom stereocenters. The Kier molecular flexibility index (Phi) is 9.83. The number of carbonyl (C=O) groups is 2.